The minimum Gasteiger partial charge on any atom is -0.479 e. The highest BCUT2D eigenvalue weighted by atomic mass is 35.5. The molecule has 0 saturated carbocycles. The van der Waals surface area contributed by atoms with Crippen LogP contribution in [0.5, 0.6) is 5.75 Å². The summed E-state index contributed by atoms with van der Waals surface area (Å²) >= 11 is 6.05. The van der Waals surface area contributed by atoms with Crippen LogP contribution in [0.1, 0.15) is 25.3 Å². The highest BCUT2D eigenvalue weighted by Crippen LogP contribution is 2.26. The molecule has 1 heterocycles. The van der Waals surface area contributed by atoms with E-state index in [1.165, 1.54) is 0 Å². The van der Waals surface area contributed by atoms with E-state index < -0.39 is 6.10 Å². The van der Waals surface area contributed by atoms with E-state index in [1.54, 1.807) is 13.0 Å². The molecule has 1 aliphatic rings. The van der Waals surface area contributed by atoms with E-state index in [9.17, 15) is 4.79 Å². The molecule has 1 amide bonds. The van der Waals surface area contributed by atoms with Crippen LogP contribution in [0.3, 0.4) is 0 Å². The van der Waals surface area contributed by atoms with Crippen molar-refractivity contribution >= 4 is 17.5 Å². The van der Waals surface area contributed by atoms with Gasteiger partial charge in [0.1, 0.15) is 5.75 Å². The van der Waals surface area contributed by atoms with Gasteiger partial charge in [-0.25, -0.2) is 0 Å². The number of carbonyl (C=O) groups is 1. The molecule has 4 nitrogen and oxygen atoms in total. The molecule has 2 atom stereocenters. The molecule has 2 rings (SSSR count). The molecule has 5 heteroatoms. The van der Waals surface area contributed by atoms with E-state index in [4.69, 9.17) is 21.1 Å². The van der Waals surface area contributed by atoms with Gasteiger partial charge in [0.15, 0.2) is 6.10 Å². The second-order valence-electron chi connectivity index (χ2n) is 5.07. The summed E-state index contributed by atoms with van der Waals surface area (Å²) in [6, 6.07) is 5.49. The maximum Gasteiger partial charge on any atom is 0.260 e. The molecule has 0 spiro atoms. The average molecular weight is 298 g/mol. The van der Waals surface area contributed by atoms with Crippen LogP contribution in [0.25, 0.3) is 0 Å². The highest BCUT2D eigenvalue weighted by molar-refractivity contribution is 6.32. The van der Waals surface area contributed by atoms with Crippen LogP contribution in [-0.4, -0.2) is 31.3 Å². The van der Waals surface area contributed by atoms with Crippen LogP contribution in [0, 0.1) is 6.92 Å². The van der Waals surface area contributed by atoms with E-state index in [0.717, 1.165) is 25.0 Å². The first kappa shape index (κ1) is 15.1. The number of carbonyl (C=O) groups excluding carboxylic acids is 1. The number of halogens is 1. The van der Waals surface area contributed by atoms with Gasteiger partial charge in [-0.05, 0) is 44.4 Å². The maximum absolute atomic E-state index is 12.0. The largest absolute Gasteiger partial charge is 0.479 e. The molecule has 0 bridgehead atoms. The van der Waals surface area contributed by atoms with Gasteiger partial charge in [-0.15, -0.1) is 0 Å². The summed E-state index contributed by atoms with van der Waals surface area (Å²) in [4.78, 5) is 12.0. The fourth-order valence-corrected chi connectivity index (χ4v) is 2.27. The quantitative estimate of drug-likeness (QED) is 0.909. The van der Waals surface area contributed by atoms with Gasteiger partial charge < -0.3 is 14.8 Å². The summed E-state index contributed by atoms with van der Waals surface area (Å²) in [5.41, 5.74) is 1.04. The molecule has 1 N–H and O–H groups in total. The summed E-state index contributed by atoms with van der Waals surface area (Å²) in [7, 11) is 0. The van der Waals surface area contributed by atoms with Crippen molar-refractivity contribution < 1.29 is 14.3 Å². The van der Waals surface area contributed by atoms with Crippen molar-refractivity contribution in [2.45, 2.75) is 38.9 Å². The van der Waals surface area contributed by atoms with Crippen molar-refractivity contribution in [3.05, 3.63) is 28.8 Å². The zero-order valence-electron chi connectivity index (χ0n) is 11.8. The number of ether oxygens (including phenoxy) is 2. The van der Waals surface area contributed by atoms with Crippen LogP contribution >= 0.6 is 11.6 Å². The van der Waals surface area contributed by atoms with Crippen molar-refractivity contribution in [2.24, 2.45) is 0 Å². The molecule has 1 fully saturated rings. The zero-order chi connectivity index (χ0) is 14.5. The number of nitrogens with one attached hydrogen (secondary N) is 1. The van der Waals surface area contributed by atoms with Gasteiger partial charge >= 0.3 is 0 Å². The van der Waals surface area contributed by atoms with Crippen LogP contribution in [0.15, 0.2) is 18.2 Å². The van der Waals surface area contributed by atoms with Crippen molar-refractivity contribution in [3.8, 4) is 5.75 Å². The zero-order valence-corrected chi connectivity index (χ0v) is 12.6. The van der Waals surface area contributed by atoms with Gasteiger partial charge in [0.2, 0.25) is 0 Å². The Morgan fingerprint density at radius 3 is 3.10 bits per heavy atom. The molecule has 20 heavy (non-hydrogen) atoms. The first-order valence-corrected chi connectivity index (χ1v) is 7.26. The molecule has 0 unspecified atom stereocenters. The maximum atomic E-state index is 12.0. The van der Waals surface area contributed by atoms with Gasteiger partial charge in [-0.3, -0.25) is 4.79 Å². The summed E-state index contributed by atoms with van der Waals surface area (Å²) in [5.74, 6) is 0.379. The van der Waals surface area contributed by atoms with Crippen LogP contribution in [0.4, 0.5) is 0 Å². The SMILES string of the molecule is Cc1ccc(Cl)c(O[C@H](C)C(=O)NC[C@H]2CCCO2)c1. The van der Waals surface area contributed by atoms with Gasteiger partial charge in [-0.1, -0.05) is 17.7 Å². The van der Waals surface area contributed by atoms with E-state index >= 15 is 0 Å². The average Bonchev–Trinajstić information content (AvgIpc) is 2.93. The first-order valence-electron chi connectivity index (χ1n) is 6.88. The lowest BCUT2D eigenvalue weighted by molar-refractivity contribution is -0.127. The van der Waals surface area contributed by atoms with E-state index in [1.807, 2.05) is 19.1 Å². The number of hydrogen-bond donors (Lipinski definition) is 1. The Morgan fingerprint density at radius 1 is 1.60 bits per heavy atom. The molecule has 1 aromatic carbocycles. The smallest absolute Gasteiger partial charge is 0.260 e. The van der Waals surface area contributed by atoms with Crippen molar-refractivity contribution in [1.29, 1.82) is 0 Å². The molecule has 1 saturated heterocycles. The molecule has 110 valence electrons. The number of benzene rings is 1. The summed E-state index contributed by atoms with van der Waals surface area (Å²) < 4.78 is 11.1. The Hall–Kier alpha value is -1.26. The topological polar surface area (TPSA) is 47.6 Å². The Balaban J connectivity index is 1.85. The Morgan fingerprint density at radius 2 is 2.40 bits per heavy atom. The van der Waals surface area contributed by atoms with Gasteiger partial charge in [0, 0.05) is 13.2 Å². The highest BCUT2D eigenvalue weighted by Gasteiger charge is 2.20. The Bertz CT molecular complexity index is 472. The lowest BCUT2D eigenvalue weighted by Crippen LogP contribution is -2.40. The molecular formula is C15H20ClNO3. The molecular weight excluding hydrogens is 278 g/mol. The minimum absolute atomic E-state index is 0.133. The fraction of sp³-hybridized carbons (Fsp3) is 0.533. The van der Waals surface area contributed by atoms with E-state index in [2.05, 4.69) is 5.32 Å². The third kappa shape index (κ3) is 4.12. The summed E-state index contributed by atoms with van der Waals surface area (Å²) in [6.45, 7) is 4.98. The second kappa shape index (κ2) is 6.95. The predicted molar refractivity (Wildman–Crippen MR) is 78.3 cm³/mol. The van der Waals surface area contributed by atoms with Crippen molar-refractivity contribution in [2.75, 3.05) is 13.2 Å². The van der Waals surface area contributed by atoms with E-state index in [-0.39, 0.29) is 12.0 Å². The monoisotopic (exact) mass is 297 g/mol. The summed E-state index contributed by atoms with van der Waals surface area (Å²) in [6.07, 6.45) is 1.61. The van der Waals surface area contributed by atoms with E-state index in [0.29, 0.717) is 17.3 Å². The second-order valence-corrected chi connectivity index (χ2v) is 5.48. The number of aryl methyl sites for hydroxylation is 1. The van der Waals surface area contributed by atoms with Crippen LogP contribution in [-0.2, 0) is 9.53 Å². The molecule has 0 aliphatic carbocycles. The Labute approximate surface area is 124 Å². The van der Waals surface area contributed by atoms with Crippen LogP contribution in [0.2, 0.25) is 5.02 Å². The third-order valence-electron chi connectivity index (χ3n) is 3.29. The fourth-order valence-electron chi connectivity index (χ4n) is 2.11. The lowest BCUT2D eigenvalue weighted by atomic mass is 10.2. The van der Waals surface area contributed by atoms with Gasteiger partial charge in [0.25, 0.3) is 5.91 Å². The lowest BCUT2D eigenvalue weighted by Gasteiger charge is -2.17. The van der Waals surface area contributed by atoms with Gasteiger partial charge in [0.05, 0.1) is 11.1 Å². The van der Waals surface area contributed by atoms with Crippen molar-refractivity contribution in [3.63, 3.8) is 0 Å². The van der Waals surface area contributed by atoms with Crippen molar-refractivity contribution in [1.82, 2.24) is 5.32 Å². The summed E-state index contributed by atoms with van der Waals surface area (Å²) in [5, 5.41) is 3.36. The molecule has 1 aromatic rings. The normalized spacial score (nSPS) is 19.6. The minimum atomic E-state index is -0.587. The predicted octanol–water partition coefficient (Wildman–Crippen LogP) is 2.71. The molecule has 0 radical (unpaired) electrons. The molecule has 0 aromatic heterocycles. The number of hydrogen-bond acceptors (Lipinski definition) is 3. The number of rotatable bonds is 5. The molecule has 1 aliphatic heterocycles. The van der Waals surface area contributed by atoms with Gasteiger partial charge in [-0.2, -0.15) is 0 Å². The third-order valence-corrected chi connectivity index (χ3v) is 3.60. The van der Waals surface area contributed by atoms with Crippen LogP contribution < -0.4 is 10.1 Å². The first-order chi connectivity index (χ1) is 9.56. The Kier molecular flexibility index (Phi) is 5.26. The number of amides is 1. The standard InChI is InChI=1S/C15H20ClNO3/c1-10-5-6-13(16)14(8-10)20-11(2)15(18)17-9-12-4-3-7-19-12/h5-6,8,11-12H,3-4,7,9H2,1-2H3,(H,17,18)/t11-,12-/m1/s1.